The first kappa shape index (κ1) is 43.9. The average molecular weight is 735 g/mol. The molecular formula is C47H66N4O3. The van der Waals surface area contributed by atoms with E-state index >= 15 is 0 Å². The highest BCUT2D eigenvalue weighted by Gasteiger charge is 2.13. The van der Waals surface area contributed by atoms with E-state index in [1.54, 1.807) is 24.3 Å². The molecule has 54 heavy (non-hydrogen) atoms. The number of ether oxygens (including phenoxy) is 1. The highest BCUT2D eigenvalue weighted by molar-refractivity contribution is 5.56. The normalized spacial score (nSPS) is 11.6. The highest BCUT2D eigenvalue weighted by Crippen LogP contribution is 2.36. The number of nitrogens with zero attached hydrogens (tertiary/aromatic N) is 4. The first-order chi connectivity index (χ1) is 25.8. The Morgan fingerprint density at radius 3 is 1.50 bits per heavy atom. The summed E-state index contributed by atoms with van der Waals surface area (Å²) in [6.07, 6.45) is 13.4. The van der Waals surface area contributed by atoms with Crippen molar-refractivity contribution in [2.24, 2.45) is 20.5 Å². The second kappa shape index (κ2) is 22.6. The second-order valence-electron chi connectivity index (χ2n) is 15.4. The third-order valence-corrected chi connectivity index (χ3v) is 9.74. The minimum atomic E-state index is 0.217. The summed E-state index contributed by atoms with van der Waals surface area (Å²) in [4.78, 5) is 0. The number of azo groups is 2. The summed E-state index contributed by atoms with van der Waals surface area (Å²) in [5.74, 6) is 2.11. The molecule has 2 N–H and O–H groups in total. The third-order valence-electron chi connectivity index (χ3n) is 9.74. The van der Waals surface area contributed by atoms with Gasteiger partial charge in [-0.3, -0.25) is 0 Å². The van der Waals surface area contributed by atoms with Crippen LogP contribution in [0.3, 0.4) is 0 Å². The lowest BCUT2D eigenvalue weighted by molar-refractivity contribution is 0.300. The van der Waals surface area contributed by atoms with Gasteiger partial charge in [0.2, 0.25) is 0 Å². The Morgan fingerprint density at radius 1 is 0.500 bits per heavy atom. The summed E-state index contributed by atoms with van der Waals surface area (Å²) in [5, 5.41) is 37.0. The molecule has 0 amide bonds. The van der Waals surface area contributed by atoms with Gasteiger partial charge in [0.15, 0.2) is 0 Å². The van der Waals surface area contributed by atoms with E-state index in [-0.39, 0.29) is 11.7 Å². The van der Waals surface area contributed by atoms with E-state index in [1.165, 1.54) is 68.9 Å². The van der Waals surface area contributed by atoms with Gasteiger partial charge in [-0.1, -0.05) is 110 Å². The smallest absolute Gasteiger partial charge is 0.123 e. The summed E-state index contributed by atoms with van der Waals surface area (Å²) < 4.78 is 6.23. The van der Waals surface area contributed by atoms with Crippen LogP contribution in [0.15, 0.2) is 81.1 Å². The first-order valence-electron chi connectivity index (χ1n) is 20.1. The fraction of sp³-hybridized carbons (Fsp3) is 0.489. The summed E-state index contributed by atoms with van der Waals surface area (Å²) in [7, 11) is 0. The van der Waals surface area contributed by atoms with Crippen LogP contribution >= 0.6 is 0 Å². The minimum absolute atomic E-state index is 0.217. The van der Waals surface area contributed by atoms with Crippen molar-refractivity contribution < 1.29 is 14.9 Å². The molecule has 4 rings (SSSR count). The molecule has 0 aliphatic carbocycles. The van der Waals surface area contributed by atoms with Gasteiger partial charge < -0.3 is 14.9 Å². The van der Waals surface area contributed by atoms with Gasteiger partial charge in [-0.05, 0) is 135 Å². The lowest BCUT2D eigenvalue weighted by Gasteiger charge is -2.16. The number of unbranched alkanes of at least 4 members (excludes halogenated alkanes) is 9. The molecule has 7 nitrogen and oxygen atoms in total. The topological polar surface area (TPSA) is 99.1 Å². The van der Waals surface area contributed by atoms with Gasteiger partial charge in [-0.25, -0.2) is 0 Å². The van der Waals surface area contributed by atoms with Crippen LogP contribution in [-0.4, -0.2) is 16.8 Å². The van der Waals surface area contributed by atoms with Crippen LogP contribution in [0.1, 0.15) is 150 Å². The number of hydrogen-bond donors (Lipinski definition) is 2. The predicted octanol–water partition coefficient (Wildman–Crippen LogP) is 15.7. The SMILES string of the molecule is CCCCCCCCCCCCOc1cc(C)c(N=Nc2ccc(C)cc2C)cc1C(C)C.Cc1cc(O)ccc1N=Nc1cc(C(C)C)c(O)cc1C. The number of rotatable bonds is 18. The maximum Gasteiger partial charge on any atom is 0.123 e. The standard InChI is InChI=1S/C30H46N2O.C17H20N2O2/c1-7-8-9-10-11-12-13-14-15-16-19-33-30-21-26(6)29(22-27(30)23(2)3)32-31-28-18-17-24(4)20-25(28)5;1-10(2)14-9-16(12(4)8-17(14)21)19-18-15-6-5-13(20)7-11(15)3/h17-18,20-23H,7-16,19H2,1-6H3;5-10,20-21H,1-4H3. The summed E-state index contributed by atoms with van der Waals surface area (Å²) in [5.41, 5.74) is 10.6. The van der Waals surface area contributed by atoms with Gasteiger partial charge in [0.25, 0.3) is 0 Å². The van der Waals surface area contributed by atoms with E-state index in [2.05, 4.69) is 86.3 Å². The first-order valence-corrected chi connectivity index (χ1v) is 20.1. The molecule has 4 aromatic rings. The van der Waals surface area contributed by atoms with Gasteiger partial charge in [-0.2, -0.15) is 20.5 Å². The quantitative estimate of drug-likeness (QED) is 0.0786. The maximum atomic E-state index is 9.95. The van der Waals surface area contributed by atoms with E-state index in [0.717, 1.165) is 63.7 Å². The molecule has 0 radical (unpaired) electrons. The van der Waals surface area contributed by atoms with Gasteiger partial charge in [0.05, 0.1) is 29.4 Å². The molecule has 0 unspecified atom stereocenters. The zero-order valence-corrected chi connectivity index (χ0v) is 34.8. The largest absolute Gasteiger partial charge is 0.508 e. The van der Waals surface area contributed by atoms with Crippen LogP contribution in [-0.2, 0) is 0 Å². The van der Waals surface area contributed by atoms with Crippen molar-refractivity contribution in [3.63, 3.8) is 0 Å². The van der Waals surface area contributed by atoms with Crippen molar-refractivity contribution in [2.45, 2.75) is 145 Å². The Hall–Kier alpha value is -4.52. The number of phenolic OH excluding ortho intramolecular Hbond substituents is 2. The molecule has 0 bridgehead atoms. The van der Waals surface area contributed by atoms with Crippen LogP contribution in [0.2, 0.25) is 0 Å². The molecule has 292 valence electrons. The number of benzene rings is 4. The van der Waals surface area contributed by atoms with Crippen LogP contribution < -0.4 is 4.74 Å². The minimum Gasteiger partial charge on any atom is -0.508 e. The van der Waals surface area contributed by atoms with Crippen molar-refractivity contribution in [2.75, 3.05) is 6.61 Å². The number of aromatic hydroxyl groups is 2. The van der Waals surface area contributed by atoms with Crippen LogP contribution in [0.25, 0.3) is 0 Å². The molecule has 0 saturated heterocycles. The number of hydrogen-bond acceptors (Lipinski definition) is 7. The molecule has 0 aromatic heterocycles. The predicted molar refractivity (Wildman–Crippen MR) is 227 cm³/mol. The van der Waals surface area contributed by atoms with Gasteiger partial charge in [-0.15, -0.1) is 0 Å². The Bertz CT molecular complexity index is 1830. The van der Waals surface area contributed by atoms with E-state index in [1.807, 2.05) is 39.8 Å². The van der Waals surface area contributed by atoms with E-state index < -0.39 is 0 Å². The average Bonchev–Trinajstić information content (AvgIpc) is 3.11. The Morgan fingerprint density at radius 2 is 0.963 bits per heavy atom. The molecular weight excluding hydrogens is 669 g/mol. The van der Waals surface area contributed by atoms with Gasteiger partial charge >= 0.3 is 0 Å². The molecule has 4 aromatic carbocycles. The molecule has 0 aliphatic heterocycles. The molecule has 0 atom stereocenters. The van der Waals surface area contributed by atoms with Crippen molar-refractivity contribution in [1.82, 2.24) is 0 Å². The monoisotopic (exact) mass is 735 g/mol. The van der Waals surface area contributed by atoms with Crippen molar-refractivity contribution >= 4 is 22.7 Å². The lowest BCUT2D eigenvalue weighted by atomic mass is 9.99. The van der Waals surface area contributed by atoms with Crippen molar-refractivity contribution in [3.05, 3.63) is 99.6 Å². The van der Waals surface area contributed by atoms with Crippen LogP contribution in [0.5, 0.6) is 17.2 Å². The Labute approximate surface area is 326 Å². The highest BCUT2D eigenvalue weighted by atomic mass is 16.5. The zero-order chi connectivity index (χ0) is 39.6. The molecule has 0 aliphatic rings. The summed E-state index contributed by atoms with van der Waals surface area (Å²) in [6, 6.07) is 19.1. The third kappa shape index (κ3) is 14.4. The number of aryl methyl sites for hydroxylation is 5. The molecule has 0 saturated carbocycles. The van der Waals surface area contributed by atoms with Gasteiger partial charge in [0, 0.05) is 0 Å². The maximum absolute atomic E-state index is 9.95. The van der Waals surface area contributed by atoms with Crippen molar-refractivity contribution in [3.8, 4) is 17.2 Å². The van der Waals surface area contributed by atoms with Crippen molar-refractivity contribution in [1.29, 1.82) is 0 Å². The Kier molecular flexibility index (Phi) is 18.4. The number of phenols is 2. The van der Waals surface area contributed by atoms with E-state index in [9.17, 15) is 10.2 Å². The fourth-order valence-corrected chi connectivity index (χ4v) is 6.29. The lowest BCUT2D eigenvalue weighted by Crippen LogP contribution is -2.02. The molecule has 0 fully saturated rings. The molecule has 0 heterocycles. The van der Waals surface area contributed by atoms with Crippen LogP contribution in [0, 0.1) is 34.6 Å². The fourth-order valence-electron chi connectivity index (χ4n) is 6.29. The summed E-state index contributed by atoms with van der Waals surface area (Å²) >= 11 is 0. The Balaban J connectivity index is 0.000000320. The molecule has 0 spiro atoms. The summed E-state index contributed by atoms with van der Waals surface area (Å²) in [6.45, 7) is 21.6. The zero-order valence-electron chi connectivity index (χ0n) is 34.8. The van der Waals surface area contributed by atoms with Crippen LogP contribution in [0.4, 0.5) is 22.7 Å². The molecule has 7 heteroatoms. The van der Waals surface area contributed by atoms with Gasteiger partial charge in [0.1, 0.15) is 17.2 Å². The van der Waals surface area contributed by atoms with E-state index in [4.69, 9.17) is 4.74 Å². The second-order valence-corrected chi connectivity index (χ2v) is 15.4. The van der Waals surface area contributed by atoms with E-state index in [0.29, 0.717) is 17.4 Å².